The predicted molar refractivity (Wildman–Crippen MR) is 172 cm³/mol. The summed E-state index contributed by atoms with van der Waals surface area (Å²) in [5.74, 6) is 1.25. The Morgan fingerprint density at radius 1 is 0.955 bits per heavy atom. The van der Waals surface area contributed by atoms with Gasteiger partial charge in [0.15, 0.2) is 17.3 Å². The van der Waals surface area contributed by atoms with Gasteiger partial charge < -0.3 is 23.2 Å². The average molecular weight is 725 g/mol. The Kier molecular flexibility index (Phi) is 9.86. The van der Waals surface area contributed by atoms with E-state index in [-0.39, 0.29) is 24.8 Å². The van der Waals surface area contributed by atoms with Crippen LogP contribution in [-0.2, 0) is 13.2 Å². The van der Waals surface area contributed by atoms with Crippen LogP contribution in [0.4, 0.5) is 4.39 Å². The number of amides is 1. The van der Waals surface area contributed by atoms with Gasteiger partial charge in [-0.15, -0.1) is 0 Å². The summed E-state index contributed by atoms with van der Waals surface area (Å²) >= 11 is 7.04. The van der Waals surface area contributed by atoms with Crippen molar-refractivity contribution in [2.24, 2.45) is 5.10 Å². The molecule has 0 aliphatic carbocycles. The van der Waals surface area contributed by atoms with Gasteiger partial charge >= 0.3 is 5.91 Å². The highest BCUT2D eigenvalue weighted by molar-refractivity contribution is 9.13. The molecule has 5 aromatic rings. The number of aromatic nitrogens is 1. The fraction of sp³-hybridized carbons (Fsp3) is 0.152. The molecule has 0 radical (unpaired) electrons. The van der Waals surface area contributed by atoms with Crippen LogP contribution >= 0.6 is 31.9 Å². The summed E-state index contributed by atoms with van der Waals surface area (Å²) in [6, 6.07) is 23.0. The van der Waals surface area contributed by atoms with E-state index in [2.05, 4.69) is 72.9 Å². The molecule has 1 amide bonds. The first-order valence-corrected chi connectivity index (χ1v) is 15.1. The Bertz CT molecular complexity index is 1800. The number of benzene rings is 3. The van der Waals surface area contributed by atoms with E-state index in [9.17, 15) is 9.18 Å². The first kappa shape index (κ1) is 31.1. The highest BCUT2D eigenvalue weighted by Gasteiger charge is 2.17. The van der Waals surface area contributed by atoms with Crippen molar-refractivity contribution in [2.45, 2.75) is 27.1 Å². The van der Waals surface area contributed by atoms with E-state index in [0.29, 0.717) is 43.1 Å². The molecule has 0 saturated heterocycles. The number of hydrogen-bond acceptors (Lipinski definition) is 6. The molecule has 0 unspecified atom stereocenters. The Hall–Kier alpha value is -4.35. The average Bonchev–Trinajstić information content (AvgIpc) is 3.63. The number of nitrogens with one attached hydrogen (secondary N) is 1. The van der Waals surface area contributed by atoms with Gasteiger partial charge in [0.2, 0.25) is 0 Å². The van der Waals surface area contributed by atoms with Gasteiger partial charge in [0.05, 0.1) is 17.8 Å². The SMILES string of the molecule is COc1cc(/C=N/NC(=O)c2ccc(COc3ccc(-n4c(C)ccc4C)cc3)o2)c(Br)c(Br)c1OCc1cccc(F)c1. The summed E-state index contributed by atoms with van der Waals surface area (Å²) in [5.41, 5.74) is 7.11. The molecule has 0 aliphatic heterocycles. The number of ether oxygens (including phenoxy) is 3. The van der Waals surface area contributed by atoms with Crippen LogP contribution in [0.3, 0.4) is 0 Å². The molecule has 8 nitrogen and oxygen atoms in total. The molecule has 44 heavy (non-hydrogen) atoms. The highest BCUT2D eigenvalue weighted by Crippen LogP contribution is 2.42. The molecule has 0 spiro atoms. The second kappa shape index (κ2) is 14.0. The van der Waals surface area contributed by atoms with Crippen molar-refractivity contribution in [2.75, 3.05) is 7.11 Å². The molecule has 0 saturated carbocycles. The molecule has 0 fully saturated rings. The van der Waals surface area contributed by atoms with E-state index < -0.39 is 5.91 Å². The van der Waals surface area contributed by atoms with E-state index >= 15 is 0 Å². The largest absolute Gasteiger partial charge is 0.493 e. The lowest BCUT2D eigenvalue weighted by Crippen LogP contribution is -2.16. The molecule has 11 heteroatoms. The maximum Gasteiger partial charge on any atom is 0.307 e. The van der Waals surface area contributed by atoms with E-state index in [4.69, 9.17) is 18.6 Å². The molecular formula is C33H28Br2FN3O5. The monoisotopic (exact) mass is 723 g/mol. The van der Waals surface area contributed by atoms with Crippen LogP contribution in [-0.4, -0.2) is 23.8 Å². The van der Waals surface area contributed by atoms with Crippen LogP contribution in [0, 0.1) is 19.7 Å². The third-order valence-corrected chi connectivity index (χ3v) is 8.79. The Balaban J connectivity index is 1.17. The number of methoxy groups -OCH3 is 1. The molecule has 5 rings (SSSR count). The smallest absolute Gasteiger partial charge is 0.307 e. The summed E-state index contributed by atoms with van der Waals surface area (Å²) in [6.45, 7) is 4.43. The van der Waals surface area contributed by atoms with Gasteiger partial charge in [-0.05, 0) is 118 Å². The number of hydrazone groups is 1. The van der Waals surface area contributed by atoms with Gasteiger partial charge in [0.1, 0.15) is 30.5 Å². The summed E-state index contributed by atoms with van der Waals surface area (Å²) in [4.78, 5) is 12.6. The van der Waals surface area contributed by atoms with Crippen LogP contribution in [0.1, 0.15) is 38.8 Å². The highest BCUT2D eigenvalue weighted by atomic mass is 79.9. The minimum Gasteiger partial charge on any atom is -0.493 e. The number of furan rings is 1. The number of nitrogens with zero attached hydrogens (tertiary/aromatic N) is 2. The van der Waals surface area contributed by atoms with Crippen molar-refractivity contribution in [3.05, 3.63) is 128 Å². The fourth-order valence-corrected chi connectivity index (χ4v) is 5.42. The first-order chi connectivity index (χ1) is 21.2. The van der Waals surface area contributed by atoms with Gasteiger partial charge in [-0.2, -0.15) is 5.10 Å². The number of carbonyl (C=O) groups excluding carboxylic acids is 1. The molecule has 0 aliphatic rings. The van der Waals surface area contributed by atoms with Gasteiger partial charge in [-0.3, -0.25) is 4.79 Å². The summed E-state index contributed by atoms with van der Waals surface area (Å²) in [6.07, 6.45) is 1.46. The van der Waals surface area contributed by atoms with Crippen LogP contribution in [0.25, 0.3) is 5.69 Å². The van der Waals surface area contributed by atoms with E-state index in [1.54, 1.807) is 30.3 Å². The number of aryl methyl sites for hydroxylation is 2. The normalized spacial score (nSPS) is 11.1. The van der Waals surface area contributed by atoms with Crippen molar-refractivity contribution in [1.82, 2.24) is 9.99 Å². The zero-order chi connectivity index (χ0) is 31.2. The third-order valence-electron chi connectivity index (χ3n) is 6.65. The molecule has 2 aromatic heterocycles. The van der Waals surface area contributed by atoms with Crippen LogP contribution < -0.4 is 19.6 Å². The number of hydrogen-bond donors (Lipinski definition) is 1. The molecule has 1 N–H and O–H groups in total. The molecule has 0 bridgehead atoms. The van der Waals surface area contributed by atoms with Crippen molar-refractivity contribution < 1.29 is 27.8 Å². The molecular weight excluding hydrogens is 697 g/mol. The predicted octanol–water partition coefficient (Wildman–Crippen LogP) is 8.28. The summed E-state index contributed by atoms with van der Waals surface area (Å²) < 4.78 is 39.8. The minimum absolute atomic E-state index is 0.0913. The second-order valence-corrected chi connectivity index (χ2v) is 11.3. The van der Waals surface area contributed by atoms with Crippen LogP contribution in [0.2, 0.25) is 0 Å². The zero-order valence-corrected chi connectivity index (χ0v) is 27.2. The summed E-state index contributed by atoms with van der Waals surface area (Å²) in [7, 11) is 1.51. The Labute approximate surface area is 270 Å². The standard InChI is InChI=1S/C33H28Br2FN3O5/c1-20-7-8-21(2)39(20)25-9-11-26(12-10-25)42-19-27-13-14-28(44-27)33(40)38-37-17-23-16-29(41-3)32(31(35)30(23)34)43-18-22-5-4-6-24(36)15-22/h4-17H,18-19H2,1-3H3,(H,38,40)/b37-17+. The third kappa shape index (κ3) is 7.23. The number of halogens is 3. The van der Waals surface area contributed by atoms with Crippen molar-refractivity contribution in [1.29, 1.82) is 0 Å². The molecule has 3 aromatic carbocycles. The van der Waals surface area contributed by atoms with Crippen LogP contribution in [0.15, 0.2) is 97.3 Å². The lowest BCUT2D eigenvalue weighted by Gasteiger charge is -2.15. The second-order valence-electron chi connectivity index (χ2n) is 9.74. The number of rotatable bonds is 11. The van der Waals surface area contributed by atoms with Crippen molar-refractivity contribution in [3.8, 4) is 22.9 Å². The Morgan fingerprint density at radius 2 is 1.70 bits per heavy atom. The van der Waals surface area contributed by atoms with Crippen molar-refractivity contribution >= 4 is 44.0 Å². The van der Waals surface area contributed by atoms with Gasteiger partial charge in [-0.25, -0.2) is 9.82 Å². The van der Waals surface area contributed by atoms with Crippen molar-refractivity contribution in [3.63, 3.8) is 0 Å². The van der Waals surface area contributed by atoms with E-state index in [0.717, 1.165) is 17.1 Å². The number of carbonyl (C=O) groups is 1. The lowest BCUT2D eigenvalue weighted by molar-refractivity contribution is 0.0923. The van der Waals surface area contributed by atoms with Gasteiger partial charge in [0, 0.05) is 27.1 Å². The fourth-order valence-electron chi connectivity index (χ4n) is 4.48. The first-order valence-electron chi connectivity index (χ1n) is 13.5. The van der Waals surface area contributed by atoms with E-state index in [1.807, 2.05) is 24.3 Å². The molecule has 226 valence electrons. The van der Waals surface area contributed by atoms with Gasteiger partial charge in [0.25, 0.3) is 0 Å². The lowest BCUT2D eigenvalue weighted by atomic mass is 10.2. The quantitative estimate of drug-likeness (QED) is 0.109. The Morgan fingerprint density at radius 3 is 2.41 bits per heavy atom. The molecule has 2 heterocycles. The zero-order valence-electron chi connectivity index (χ0n) is 24.1. The summed E-state index contributed by atoms with van der Waals surface area (Å²) in [5, 5.41) is 4.07. The van der Waals surface area contributed by atoms with E-state index in [1.165, 1.54) is 25.5 Å². The topological polar surface area (TPSA) is 87.2 Å². The maximum atomic E-state index is 13.5. The van der Waals surface area contributed by atoms with Gasteiger partial charge in [-0.1, -0.05) is 12.1 Å². The van der Waals surface area contributed by atoms with Crippen LogP contribution in [0.5, 0.6) is 17.2 Å². The molecule has 0 atom stereocenters. The minimum atomic E-state index is -0.522. The maximum absolute atomic E-state index is 13.5.